The molecule has 102 valence electrons. The zero-order valence-corrected chi connectivity index (χ0v) is 12.0. The molecule has 2 rings (SSSR count). The second-order valence-corrected chi connectivity index (χ2v) is 4.84. The molecular weight excluding hydrogens is 242 g/mol. The van der Waals surface area contributed by atoms with E-state index in [0.29, 0.717) is 0 Å². The highest BCUT2D eigenvalue weighted by Crippen LogP contribution is 2.02. The summed E-state index contributed by atoms with van der Waals surface area (Å²) in [6.07, 6.45) is 2.21. The predicted molar refractivity (Wildman–Crippen MR) is 85.3 cm³/mol. The molecule has 0 fully saturated rings. The van der Waals surface area contributed by atoms with E-state index >= 15 is 0 Å². The fourth-order valence-electron chi connectivity index (χ4n) is 2.04. The maximum Gasteiger partial charge on any atom is 0.0695 e. The van der Waals surface area contributed by atoms with Gasteiger partial charge >= 0.3 is 0 Å². The van der Waals surface area contributed by atoms with Crippen molar-refractivity contribution in [3.8, 4) is 11.8 Å². The molecule has 0 radical (unpaired) electrons. The Kier molecular flexibility index (Phi) is 5.89. The molecule has 0 spiro atoms. The van der Waals surface area contributed by atoms with Gasteiger partial charge in [-0.05, 0) is 24.1 Å². The van der Waals surface area contributed by atoms with Gasteiger partial charge in [-0.2, -0.15) is 0 Å². The average molecular weight is 263 g/mol. The van der Waals surface area contributed by atoms with Crippen molar-refractivity contribution in [2.75, 3.05) is 0 Å². The van der Waals surface area contributed by atoms with E-state index < -0.39 is 0 Å². The molecule has 0 saturated heterocycles. The van der Waals surface area contributed by atoms with Crippen molar-refractivity contribution in [2.24, 2.45) is 0 Å². The summed E-state index contributed by atoms with van der Waals surface area (Å²) in [4.78, 5) is 0. The first-order chi connectivity index (χ1) is 9.88. The van der Waals surface area contributed by atoms with Crippen LogP contribution in [0.4, 0.5) is 0 Å². The number of hydrogen-bond donors (Lipinski definition) is 1. The van der Waals surface area contributed by atoms with Gasteiger partial charge in [0.25, 0.3) is 0 Å². The molecule has 0 heterocycles. The second kappa shape index (κ2) is 8.19. The Bertz CT molecular complexity index is 549. The van der Waals surface area contributed by atoms with Crippen LogP contribution in [0, 0.1) is 11.8 Å². The van der Waals surface area contributed by atoms with Crippen LogP contribution in [0.15, 0.2) is 60.7 Å². The summed E-state index contributed by atoms with van der Waals surface area (Å²) in [6.45, 7) is 3.07. The van der Waals surface area contributed by atoms with Crippen LogP contribution in [0.5, 0.6) is 0 Å². The lowest BCUT2D eigenvalue weighted by Gasteiger charge is -2.12. The molecule has 1 atom stereocenters. The molecule has 0 aliphatic carbocycles. The van der Waals surface area contributed by atoms with Crippen molar-refractivity contribution in [2.45, 2.75) is 32.4 Å². The molecule has 0 aliphatic heterocycles. The van der Waals surface area contributed by atoms with E-state index in [1.54, 1.807) is 0 Å². The van der Waals surface area contributed by atoms with Gasteiger partial charge in [-0.15, -0.1) is 0 Å². The zero-order valence-electron chi connectivity index (χ0n) is 12.0. The topological polar surface area (TPSA) is 12.0 Å². The minimum atomic E-state index is 0.250. The largest absolute Gasteiger partial charge is 0.300 e. The lowest BCUT2D eigenvalue weighted by Crippen LogP contribution is -2.26. The highest BCUT2D eigenvalue weighted by Gasteiger charge is 2.02. The van der Waals surface area contributed by atoms with Crippen molar-refractivity contribution in [3.05, 3.63) is 71.8 Å². The Hall–Kier alpha value is -2.04. The highest BCUT2D eigenvalue weighted by molar-refractivity contribution is 5.34. The Morgan fingerprint density at radius 1 is 0.950 bits per heavy atom. The van der Waals surface area contributed by atoms with Crippen LogP contribution in [0.25, 0.3) is 0 Å². The van der Waals surface area contributed by atoms with Crippen LogP contribution in [0.1, 0.15) is 30.9 Å². The average Bonchev–Trinajstić information content (AvgIpc) is 2.52. The van der Waals surface area contributed by atoms with Gasteiger partial charge < -0.3 is 0 Å². The third kappa shape index (κ3) is 4.91. The van der Waals surface area contributed by atoms with Crippen molar-refractivity contribution < 1.29 is 0 Å². The van der Waals surface area contributed by atoms with Crippen LogP contribution < -0.4 is 5.32 Å². The van der Waals surface area contributed by atoms with Crippen LogP contribution in [-0.4, -0.2) is 6.04 Å². The first-order valence-electron chi connectivity index (χ1n) is 7.22. The Morgan fingerprint density at radius 3 is 2.25 bits per heavy atom. The Morgan fingerprint density at radius 2 is 1.60 bits per heavy atom. The lowest BCUT2D eigenvalue weighted by atomic mass is 10.1. The molecule has 1 N–H and O–H groups in total. The molecule has 1 unspecified atom stereocenters. The monoisotopic (exact) mass is 263 g/mol. The third-order valence-corrected chi connectivity index (χ3v) is 3.14. The summed E-state index contributed by atoms with van der Waals surface area (Å²) in [6, 6.07) is 20.9. The molecule has 0 saturated carbocycles. The normalized spacial score (nSPS) is 11.4. The molecule has 2 aromatic rings. The molecule has 0 aliphatic rings. The van der Waals surface area contributed by atoms with Crippen molar-refractivity contribution in [3.63, 3.8) is 0 Å². The maximum atomic E-state index is 3.53. The highest BCUT2D eigenvalue weighted by atomic mass is 14.9. The summed E-state index contributed by atoms with van der Waals surface area (Å²) in [5, 5.41) is 3.53. The molecule has 1 heteroatoms. The summed E-state index contributed by atoms with van der Waals surface area (Å²) < 4.78 is 0. The van der Waals surface area contributed by atoms with E-state index in [-0.39, 0.29) is 6.04 Å². The minimum absolute atomic E-state index is 0.250. The summed E-state index contributed by atoms with van der Waals surface area (Å²) in [7, 11) is 0. The van der Waals surface area contributed by atoms with Crippen LogP contribution in [0.2, 0.25) is 0 Å². The van der Waals surface area contributed by atoms with E-state index in [9.17, 15) is 0 Å². The molecule has 2 aromatic carbocycles. The second-order valence-electron chi connectivity index (χ2n) is 4.84. The molecule has 0 bridgehead atoms. The number of rotatable bonds is 5. The maximum absolute atomic E-state index is 3.53. The number of nitrogens with one attached hydrogen (secondary N) is 1. The van der Waals surface area contributed by atoms with Crippen molar-refractivity contribution >= 4 is 0 Å². The van der Waals surface area contributed by atoms with E-state index in [0.717, 1.165) is 24.9 Å². The van der Waals surface area contributed by atoms with Gasteiger partial charge in [0.05, 0.1) is 6.04 Å². The minimum Gasteiger partial charge on any atom is -0.300 e. The van der Waals surface area contributed by atoms with Gasteiger partial charge in [0.15, 0.2) is 0 Å². The summed E-state index contributed by atoms with van der Waals surface area (Å²) in [5.41, 5.74) is 2.38. The molecular formula is C19H21N. The fraction of sp³-hybridized carbons (Fsp3) is 0.263. The van der Waals surface area contributed by atoms with Crippen LogP contribution in [0.3, 0.4) is 0 Å². The zero-order chi connectivity index (χ0) is 14.0. The van der Waals surface area contributed by atoms with E-state index in [1.807, 2.05) is 36.4 Å². The Labute approximate surface area is 122 Å². The first-order valence-corrected chi connectivity index (χ1v) is 7.22. The van der Waals surface area contributed by atoms with Gasteiger partial charge in [-0.25, -0.2) is 0 Å². The SMILES string of the molecule is CCCC(C#Cc1ccccc1)NCc1ccccc1. The molecule has 20 heavy (non-hydrogen) atoms. The van der Waals surface area contributed by atoms with Crippen LogP contribution >= 0.6 is 0 Å². The third-order valence-electron chi connectivity index (χ3n) is 3.14. The first kappa shape index (κ1) is 14.4. The predicted octanol–water partition coefficient (Wildman–Crippen LogP) is 4.00. The quantitative estimate of drug-likeness (QED) is 0.804. The molecule has 0 amide bonds. The molecule has 0 aromatic heterocycles. The standard InChI is InChI=1S/C19H21N/c1-2-9-19(15-14-17-10-5-3-6-11-17)20-16-18-12-7-4-8-13-18/h3-8,10-13,19-20H,2,9,16H2,1H3. The summed E-state index contributed by atoms with van der Waals surface area (Å²) in [5.74, 6) is 6.60. The smallest absolute Gasteiger partial charge is 0.0695 e. The fourth-order valence-corrected chi connectivity index (χ4v) is 2.04. The number of benzene rings is 2. The van der Waals surface area contributed by atoms with Gasteiger partial charge in [-0.3, -0.25) is 5.32 Å². The van der Waals surface area contributed by atoms with E-state index in [1.165, 1.54) is 5.56 Å². The van der Waals surface area contributed by atoms with Gasteiger partial charge in [0, 0.05) is 12.1 Å². The van der Waals surface area contributed by atoms with E-state index in [2.05, 4.69) is 48.3 Å². The summed E-state index contributed by atoms with van der Waals surface area (Å²) >= 11 is 0. The lowest BCUT2D eigenvalue weighted by molar-refractivity contribution is 0.562. The van der Waals surface area contributed by atoms with Crippen molar-refractivity contribution in [1.29, 1.82) is 0 Å². The van der Waals surface area contributed by atoms with Gasteiger partial charge in [-0.1, -0.05) is 73.7 Å². The van der Waals surface area contributed by atoms with Crippen LogP contribution in [-0.2, 0) is 6.54 Å². The number of hydrogen-bond acceptors (Lipinski definition) is 1. The van der Waals surface area contributed by atoms with Gasteiger partial charge in [0.2, 0.25) is 0 Å². The van der Waals surface area contributed by atoms with E-state index in [4.69, 9.17) is 0 Å². The van der Waals surface area contributed by atoms with Gasteiger partial charge in [0.1, 0.15) is 0 Å². The molecule has 1 nitrogen and oxygen atoms in total. The van der Waals surface area contributed by atoms with Crippen molar-refractivity contribution in [1.82, 2.24) is 5.32 Å². The Balaban J connectivity index is 1.95.